The van der Waals surface area contributed by atoms with E-state index in [2.05, 4.69) is 87.8 Å². The predicted octanol–water partition coefficient (Wildman–Crippen LogP) is 6.82. The molecule has 4 nitrogen and oxygen atoms in total. The first kappa shape index (κ1) is 19.5. The number of pyridine rings is 1. The second kappa shape index (κ2) is 8.08. The van der Waals surface area contributed by atoms with Crippen LogP contribution in [0, 0.1) is 6.92 Å². The smallest absolute Gasteiger partial charge is 0.125 e. The van der Waals surface area contributed by atoms with E-state index in [0.717, 1.165) is 35.8 Å². The summed E-state index contributed by atoms with van der Waals surface area (Å²) in [6.45, 7) is 5.49. The Morgan fingerprint density at radius 2 is 1.97 bits per heavy atom. The number of nitrogens with zero attached hydrogens (tertiary/aromatic N) is 2. The van der Waals surface area contributed by atoms with E-state index in [1.54, 1.807) is 0 Å². The van der Waals surface area contributed by atoms with Gasteiger partial charge in [-0.3, -0.25) is 4.90 Å². The van der Waals surface area contributed by atoms with Gasteiger partial charge in [-0.2, -0.15) is 0 Å². The number of hydrogen-bond donors (Lipinski definition) is 2. The van der Waals surface area contributed by atoms with Gasteiger partial charge in [-0.1, -0.05) is 30.3 Å². The normalized spacial score (nSPS) is 16.8. The number of aromatic amines is 1. The van der Waals surface area contributed by atoms with Gasteiger partial charge < -0.3 is 10.3 Å². The third-order valence-corrected chi connectivity index (χ3v) is 7.86. The van der Waals surface area contributed by atoms with Gasteiger partial charge in [0.25, 0.3) is 0 Å². The molecule has 5 heteroatoms. The number of nitrogens with one attached hydrogen (secondary N) is 2. The van der Waals surface area contributed by atoms with Crippen molar-refractivity contribution in [3.05, 3.63) is 89.1 Å². The first-order valence-corrected chi connectivity index (χ1v) is 12.0. The average molecular weight is 439 g/mol. The summed E-state index contributed by atoms with van der Waals surface area (Å²) in [5, 5.41) is 6.17. The van der Waals surface area contributed by atoms with Gasteiger partial charge in [0.2, 0.25) is 0 Å². The molecular weight excluding hydrogens is 412 g/mol. The summed E-state index contributed by atoms with van der Waals surface area (Å²) in [5.41, 5.74) is 6.11. The molecule has 3 aromatic heterocycles. The molecule has 6 rings (SSSR count). The Morgan fingerprint density at radius 3 is 2.88 bits per heavy atom. The Bertz CT molecular complexity index is 1390. The van der Waals surface area contributed by atoms with Crippen molar-refractivity contribution < 1.29 is 0 Å². The Labute approximate surface area is 191 Å². The monoisotopic (exact) mass is 438 g/mol. The molecule has 2 N–H and O–H groups in total. The molecule has 0 amide bonds. The van der Waals surface area contributed by atoms with Crippen molar-refractivity contribution in [1.29, 1.82) is 0 Å². The average Bonchev–Trinajstić information content (AvgIpc) is 3.56. The fourth-order valence-electron chi connectivity index (χ4n) is 4.88. The highest BCUT2D eigenvalue weighted by molar-refractivity contribution is 7.18. The minimum atomic E-state index is 0.587. The zero-order chi connectivity index (χ0) is 21.5. The minimum Gasteiger partial charge on any atom is -0.361 e. The maximum Gasteiger partial charge on any atom is 0.125 e. The largest absolute Gasteiger partial charge is 0.361 e. The molecule has 1 unspecified atom stereocenters. The second-order valence-corrected chi connectivity index (χ2v) is 9.80. The van der Waals surface area contributed by atoms with Crippen molar-refractivity contribution in [3.8, 4) is 0 Å². The fraction of sp³-hybridized carbons (Fsp3) is 0.222. The zero-order valence-corrected chi connectivity index (χ0v) is 19.0. The van der Waals surface area contributed by atoms with Crippen LogP contribution in [0.15, 0.2) is 73.1 Å². The van der Waals surface area contributed by atoms with Crippen LogP contribution in [0.5, 0.6) is 0 Å². The Morgan fingerprint density at radius 1 is 1.06 bits per heavy atom. The standard InChI is InChI=1S/C27H26N4S/c1-18-21-9-12-28-24(21)8-7-23(18)30-25-10-13-29-27-22(25)15-26(32-27)20-11-14-31(17-20)16-19-5-3-2-4-6-19/h2-10,12-13,15,20,28H,11,14,16-17H2,1H3,(H,29,30). The fourth-order valence-corrected chi connectivity index (χ4v) is 6.03. The van der Waals surface area contributed by atoms with Crippen molar-refractivity contribution in [2.45, 2.75) is 25.8 Å². The molecule has 0 aliphatic carbocycles. The summed E-state index contributed by atoms with van der Waals surface area (Å²) in [5.74, 6) is 0.587. The summed E-state index contributed by atoms with van der Waals surface area (Å²) in [7, 11) is 0. The molecule has 32 heavy (non-hydrogen) atoms. The van der Waals surface area contributed by atoms with Crippen LogP contribution in [-0.2, 0) is 6.54 Å². The number of fused-ring (bicyclic) bond motifs is 2. The summed E-state index contributed by atoms with van der Waals surface area (Å²) >= 11 is 1.85. The van der Waals surface area contributed by atoms with Gasteiger partial charge in [-0.25, -0.2) is 4.98 Å². The van der Waals surface area contributed by atoms with Gasteiger partial charge in [-0.15, -0.1) is 11.3 Å². The van der Waals surface area contributed by atoms with Crippen LogP contribution in [-0.4, -0.2) is 28.0 Å². The van der Waals surface area contributed by atoms with Crippen LogP contribution in [0.2, 0.25) is 0 Å². The van der Waals surface area contributed by atoms with Crippen molar-refractivity contribution in [2.75, 3.05) is 18.4 Å². The molecule has 160 valence electrons. The summed E-state index contributed by atoms with van der Waals surface area (Å²) in [4.78, 5) is 13.1. The number of thiophene rings is 1. The molecule has 1 atom stereocenters. The van der Waals surface area contributed by atoms with Gasteiger partial charge in [0, 0.05) is 58.3 Å². The topological polar surface area (TPSA) is 44.0 Å². The van der Waals surface area contributed by atoms with Crippen LogP contribution < -0.4 is 5.32 Å². The first-order chi connectivity index (χ1) is 15.7. The van der Waals surface area contributed by atoms with E-state index < -0.39 is 0 Å². The molecule has 5 aromatic rings. The van der Waals surface area contributed by atoms with E-state index in [9.17, 15) is 0 Å². The van der Waals surface area contributed by atoms with Gasteiger partial charge >= 0.3 is 0 Å². The highest BCUT2D eigenvalue weighted by atomic mass is 32.1. The quantitative estimate of drug-likeness (QED) is 0.316. The van der Waals surface area contributed by atoms with Crippen LogP contribution in [0.25, 0.3) is 21.1 Å². The van der Waals surface area contributed by atoms with E-state index in [-0.39, 0.29) is 0 Å². The second-order valence-electron chi connectivity index (χ2n) is 8.73. The van der Waals surface area contributed by atoms with Crippen molar-refractivity contribution >= 4 is 43.8 Å². The molecule has 2 aromatic carbocycles. The Hall–Kier alpha value is -3.15. The lowest BCUT2D eigenvalue weighted by molar-refractivity contribution is 0.327. The van der Waals surface area contributed by atoms with E-state index >= 15 is 0 Å². The lowest BCUT2D eigenvalue weighted by Crippen LogP contribution is -2.19. The molecular formula is C27H26N4S. The summed E-state index contributed by atoms with van der Waals surface area (Å²) in [6.07, 6.45) is 5.14. The van der Waals surface area contributed by atoms with E-state index in [4.69, 9.17) is 0 Å². The SMILES string of the molecule is Cc1c(Nc2ccnc3sc(C4CCN(Cc5ccccc5)C4)cc23)ccc2[nH]ccc12. The van der Waals surface area contributed by atoms with E-state index in [1.165, 1.54) is 38.7 Å². The number of anilines is 2. The van der Waals surface area contributed by atoms with Gasteiger partial charge in [0.15, 0.2) is 0 Å². The number of aromatic nitrogens is 2. The Kier molecular flexibility index (Phi) is 4.93. The number of rotatable bonds is 5. The third kappa shape index (κ3) is 3.57. The van der Waals surface area contributed by atoms with Crippen molar-refractivity contribution in [1.82, 2.24) is 14.9 Å². The number of aryl methyl sites for hydroxylation is 1. The predicted molar refractivity (Wildman–Crippen MR) is 135 cm³/mol. The molecule has 0 spiro atoms. The molecule has 1 fully saturated rings. The molecule has 4 heterocycles. The number of H-pyrrole nitrogens is 1. The minimum absolute atomic E-state index is 0.587. The van der Waals surface area contributed by atoms with Crippen LogP contribution in [0.3, 0.4) is 0 Å². The number of hydrogen-bond acceptors (Lipinski definition) is 4. The highest BCUT2D eigenvalue weighted by Crippen LogP contribution is 2.39. The molecule has 1 aliphatic rings. The van der Waals surface area contributed by atoms with Crippen LogP contribution in [0.4, 0.5) is 11.4 Å². The highest BCUT2D eigenvalue weighted by Gasteiger charge is 2.26. The van der Waals surface area contributed by atoms with E-state index in [1.807, 2.05) is 23.7 Å². The maximum absolute atomic E-state index is 4.69. The molecule has 0 bridgehead atoms. The van der Waals surface area contributed by atoms with Crippen molar-refractivity contribution in [3.63, 3.8) is 0 Å². The van der Waals surface area contributed by atoms with Crippen LogP contribution >= 0.6 is 11.3 Å². The maximum atomic E-state index is 4.69. The number of likely N-dealkylation sites (tertiary alicyclic amines) is 1. The number of benzene rings is 2. The third-order valence-electron chi connectivity index (χ3n) is 6.65. The Balaban J connectivity index is 1.25. The molecule has 1 aliphatic heterocycles. The van der Waals surface area contributed by atoms with Crippen LogP contribution in [0.1, 0.15) is 28.3 Å². The molecule has 1 saturated heterocycles. The summed E-state index contributed by atoms with van der Waals surface area (Å²) in [6, 6.07) is 21.7. The van der Waals surface area contributed by atoms with Gasteiger partial charge in [-0.05, 0) is 61.3 Å². The van der Waals surface area contributed by atoms with Gasteiger partial charge in [0.1, 0.15) is 4.83 Å². The lowest BCUT2D eigenvalue weighted by Gasteiger charge is -2.15. The first-order valence-electron chi connectivity index (χ1n) is 11.2. The van der Waals surface area contributed by atoms with E-state index in [0.29, 0.717) is 5.92 Å². The molecule has 0 saturated carbocycles. The zero-order valence-electron chi connectivity index (χ0n) is 18.1. The van der Waals surface area contributed by atoms with Crippen molar-refractivity contribution in [2.24, 2.45) is 0 Å². The summed E-state index contributed by atoms with van der Waals surface area (Å²) < 4.78 is 0. The molecule has 0 radical (unpaired) electrons. The van der Waals surface area contributed by atoms with Gasteiger partial charge in [0.05, 0.1) is 5.69 Å². The lowest BCUT2D eigenvalue weighted by atomic mass is 10.1.